The molecule has 0 fully saturated rings. The van der Waals surface area contributed by atoms with E-state index in [1.165, 1.54) is 372 Å². The van der Waals surface area contributed by atoms with Crippen molar-refractivity contribution in [1.82, 2.24) is 5.32 Å². The van der Waals surface area contributed by atoms with Gasteiger partial charge in [-0.25, -0.2) is 0 Å². The van der Waals surface area contributed by atoms with Crippen LogP contribution in [0.25, 0.3) is 0 Å². The molecule has 0 aromatic rings. The molecule has 0 aromatic heterocycles. The zero-order valence-electron chi connectivity index (χ0n) is 59.3. The van der Waals surface area contributed by atoms with E-state index in [0.717, 1.165) is 51.4 Å². The van der Waals surface area contributed by atoms with E-state index in [4.69, 9.17) is 4.74 Å². The second-order valence-corrected chi connectivity index (χ2v) is 27.8. The zero-order valence-corrected chi connectivity index (χ0v) is 59.3. The Labute approximate surface area is 545 Å². The van der Waals surface area contributed by atoms with Crippen LogP contribution in [0.15, 0.2) is 24.3 Å². The highest BCUT2D eigenvalue weighted by Gasteiger charge is 2.20. The molecule has 2 atom stereocenters. The number of nitrogens with one attached hydrogen (secondary N) is 1. The van der Waals surface area contributed by atoms with Crippen molar-refractivity contribution < 1.29 is 24.5 Å². The Kier molecular flexibility index (Phi) is 75.3. The summed E-state index contributed by atoms with van der Waals surface area (Å²) in [6.07, 6.45) is 98.5. The van der Waals surface area contributed by atoms with Gasteiger partial charge in [0, 0.05) is 12.8 Å². The molecule has 1 amide bonds. The number of amides is 1. The molecule has 0 aliphatic rings. The summed E-state index contributed by atoms with van der Waals surface area (Å²) in [5.41, 5.74) is 0. The van der Waals surface area contributed by atoms with Crippen molar-refractivity contribution in [1.29, 1.82) is 0 Å². The van der Waals surface area contributed by atoms with Gasteiger partial charge in [0.25, 0.3) is 0 Å². The third-order valence-electron chi connectivity index (χ3n) is 19.0. The number of ether oxygens (including phenoxy) is 1. The predicted octanol–water partition coefficient (Wildman–Crippen LogP) is 26.4. The molecule has 0 saturated heterocycles. The first-order chi connectivity index (χ1) is 43.0. The fourth-order valence-corrected chi connectivity index (χ4v) is 12.9. The van der Waals surface area contributed by atoms with Crippen LogP contribution in [0.5, 0.6) is 0 Å². The molecule has 6 heteroatoms. The van der Waals surface area contributed by atoms with Crippen LogP contribution in [-0.2, 0) is 14.3 Å². The number of rotatable bonds is 76. The lowest BCUT2D eigenvalue weighted by Crippen LogP contribution is -2.45. The summed E-state index contributed by atoms with van der Waals surface area (Å²) in [7, 11) is 0. The first-order valence-electron chi connectivity index (χ1n) is 40.1. The topological polar surface area (TPSA) is 95.9 Å². The standard InChI is InChI=1S/C81H157NO5/c1-3-5-7-9-11-13-15-17-19-20-21-22-33-36-39-42-46-49-53-57-61-65-69-73-79(84)78(77-83)82-80(85)74-70-66-62-58-54-50-47-43-40-37-34-31-29-27-25-23-24-26-28-30-32-35-38-41-44-48-52-56-60-64-68-72-76-87-81(86)75-71-67-63-59-55-51-45-18-16-14-12-10-8-6-4-2/h12,14,18,45,78-79,83-84H,3-11,13,15-17,19-44,46-77H2,1-2H3,(H,82,85)/b14-12-,45-18-. The molecule has 0 heterocycles. The minimum atomic E-state index is -0.662. The van der Waals surface area contributed by atoms with E-state index in [-0.39, 0.29) is 18.5 Å². The van der Waals surface area contributed by atoms with Crippen LogP contribution in [0, 0.1) is 0 Å². The Bertz CT molecular complexity index is 1360. The van der Waals surface area contributed by atoms with Gasteiger partial charge in [0.1, 0.15) is 0 Å². The highest BCUT2D eigenvalue weighted by molar-refractivity contribution is 5.76. The molecule has 0 aromatic carbocycles. The molecule has 0 spiro atoms. The van der Waals surface area contributed by atoms with Gasteiger partial charge < -0.3 is 20.3 Å². The van der Waals surface area contributed by atoms with Gasteiger partial charge in [0.15, 0.2) is 0 Å². The van der Waals surface area contributed by atoms with Crippen molar-refractivity contribution in [2.24, 2.45) is 0 Å². The minimum absolute atomic E-state index is 0.00815. The molecular weight excluding hydrogens is 1070 g/mol. The van der Waals surface area contributed by atoms with Gasteiger partial charge in [0.2, 0.25) is 5.91 Å². The van der Waals surface area contributed by atoms with Gasteiger partial charge in [-0.1, -0.05) is 411 Å². The lowest BCUT2D eigenvalue weighted by Gasteiger charge is -2.22. The summed E-state index contributed by atoms with van der Waals surface area (Å²) < 4.78 is 5.49. The maximum atomic E-state index is 12.6. The number of allylic oxidation sites excluding steroid dienone is 4. The molecule has 2 unspecified atom stereocenters. The van der Waals surface area contributed by atoms with E-state index in [2.05, 4.69) is 43.5 Å². The van der Waals surface area contributed by atoms with Gasteiger partial charge in [-0.15, -0.1) is 0 Å². The van der Waals surface area contributed by atoms with Crippen molar-refractivity contribution in [2.75, 3.05) is 13.2 Å². The molecule has 0 saturated carbocycles. The summed E-state index contributed by atoms with van der Waals surface area (Å²) >= 11 is 0. The maximum Gasteiger partial charge on any atom is 0.305 e. The summed E-state index contributed by atoms with van der Waals surface area (Å²) in [6, 6.07) is -0.539. The van der Waals surface area contributed by atoms with Crippen LogP contribution in [0.4, 0.5) is 0 Å². The van der Waals surface area contributed by atoms with Gasteiger partial charge >= 0.3 is 5.97 Å². The third kappa shape index (κ3) is 73.3. The van der Waals surface area contributed by atoms with E-state index in [9.17, 15) is 19.8 Å². The van der Waals surface area contributed by atoms with E-state index in [0.29, 0.717) is 25.9 Å². The Morgan fingerprint density at radius 1 is 0.322 bits per heavy atom. The summed E-state index contributed by atoms with van der Waals surface area (Å²) in [4.78, 5) is 24.7. The predicted molar refractivity (Wildman–Crippen MR) is 384 cm³/mol. The lowest BCUT2D eigenvalue weighted by molar-refractivity contribution is -0.143. The monoisotopic (exact) mass is 1220 g/mol. The van der Waals surface area contributed by atoms with Crippen LogP contribution in [0.2, 0.25) is 0 Å². The molecule has 516 valence electrons. The van der Waals surface area contributed by atoms with Gasteiger partial charge in [-0.3, -0.25) is 9.59 Å². The Balaban J connectivity index is 3.33. The second kappa shape index (κ2) is 76.8. The summed E-state index contributed by atoms with van der Waals surface area (Å²) in [5, 5.41) is 23.5. The van der Waals surface area contributed by atoms with Crippen molar-refractivity contribution in [3.05, 3.63) is 24.3 Å². The third-order valence-corrected chi connectivity index (χ3v) is 19.0. The molecule has 3 N–H and O–H groups in total. The molecule has 0 aliphatic heterocycles. The van der Waals surface area contributed by atoms with Crippen LogP contribution in [-0.4, -0.2) is 47.4 Å². The minimum Gasteiger partial charge on any atom is -0.466 e. The number of aliphatic hydroxyl groups excluding tert-OH is 2. The van der Waals surface area contributed by atoms with Crippen molar-refractivity contribution in [3.63, 3.8) is 0 Å². The first-order valence-corrected chi connectivity index (χ1v) is 40.1. The van der Waals surface area contributed by atoms with E-state index in [1.807, 2.05) is 0 Å². The van der Waals surface area contributed by atoms with Crippen LogP contribution >= 0.6 is 0 Å². The highest BCUT2D eigenvalue weighted by Crippen LogP contribution is 2.20. The average molecular weight is 1230 g/mol. The number of hydrogen-bond acceptors (Lipinski definition) is 5. The number of aliphatic hydroxyl groups is 2. The molecule has 0 aliphatic carbocycles. The Hall–Kier alpha value is -1.66. The fourth-order valence-electron chi connectivity index (χ4n) is 12.9. The van der Waals surface area contributed by atoms with E-state index >= 15 is 0 Å². The molecule has 87 heavy (non-hydrogen) atoms. The average Bonchev–Trinajstić information content (AvgIpc) is 3.53. The van der Waals surface area contributed by atoms with Crippen LogP contribution in [0.1, 0.15) is 457 Å². The quantitative estimate of drug-likeness (QED) is 0.0320. The van der Waals surface area contributed by atoms with E-state index < -0.39 is 12.1 Å². The smallest absolute Gasteiger partial charge is 0.305 e. The van der Waals surface area contributed by atoms with Crippen LogP contribution < -0.4 is 5.32 Å². The second-order valence-electron chi connectivity index (χ2n) is 27.8. The SMILES string of the molecule is CCCCC/C=C\C/C=C\CCCCCCCC(=O)OCCCCCCCCCCCCCCCCCCCCCCCCCCCCCCCCCCC(=O)NC(CO)C(O)CCCCCCCCCCCCCCCCCCCCCCCCC. The zero-order chi connectivity index (χ0) is 62.8. The lowest BCUT2D eigenvalue weighted by atomic mass is 10.0. The normalized spacial score (nSPS) is 12.6. The first kappa shape index (κ1) is 85.3. The number of carbonyl (C=O) groups excluding carboxylic acids is 2. The highest BCUT2D eigenvalue weighted by atomic mass is 16.5. The molecule has 0 radical (unpaired) electrons. The molecule has 0 rings (SSSR count). The largest absolute Gasteiger partial charge is 0.466 e. The van der Waals surface area contributed by atoms with E-state index in [1.54, 1.807) is 0 Å². The number of carbonyl (C=O) groups is 2. The van der Waals surface area contributed by atoms with Crippen molar-refractivity contribution in [2.45, 2.75) is 469 Å². The van der Waals surface area contributed by atoms with Gasteiger partial charge in [-0.2, -0.15) is 0 Å². The molecular formula is C81H157NO5. The Morgan fingerprint density at radius 2 is 0.575 bits per heavy atom. The summed E-state index contributed by atoms with van der Waals surface area (Å²) in [5.74, 6) is -0.0166. The van der Waals surface area contributed by atoms with Gasteiger partial charge in [0.05, 0.1) is 25.4 Å². The number of esters is 1. The number of hydrogen-bond donors (Lipinski definition) is 3. The fraction of sp³-hybridized carbons (Fsp3) is 0.926. The Morgan fingerprint density at radius 3 is 0.897 bits per heavy atom. The number of unbranched alkanes of at least 4 members (excludes halogenated alkanes) is 61. The molecule has 0 bridgehead atoms. The van der Waals surface area contributed by atoms with Crippen molar-refractivity contribution >= 4 is 11.9 Å². The maximum absolute atomic E-state index is 12.6. The van der Waals surface area contributed by atoms with Gasteiger partial charge in [-0.05, 0) is 57.8 Å². The summed E-state index contributed by atoms with van der Waals surface area (Å²) in [6.45, 7) is 4.97. The van der Waals surface area contributed by atoms with Crippen LogP contribution in [0.3, 0.4) is 0 Å². The van der Waals surface area contributed by atoms with Crippen molar-refractivity contribution in [3.8, 4) is 0 Å². The molecule has 6 nitrogen and oxygen atoms in total.